The van der Waals surface area contributed by atoms with Crippen molar-refractivity contribution in [3.63, 3.8) is 0 Å². The Hall–Kier alpha value is -0.790. The summed E-state index contributed by atoms with van der Waals surface area (Å²) in [5.41, 5.74) is 4.77. The number of halogens is 5. The molecule has 1 rings (SSSR count). The Balaban J connectivity index is 0.00000289. The van der Waals surface area contributed by atoms with Gasteiger partial charge in [-0.25, -0.2) is 13.2 Å². The molecule has 0 saturated heterocycles. The Bertz CT molecular complexity index is 432. The standard InChI is InChI=1S/C10H10BrF3N2O.ClH/c11-8-2-1-6(12)3-7(8)9(17)16-5-10(13,14)4-15;/h1-3H,4-5,15H2,(H,16,17);1H. The number of carbonyl (C=O) groups excluding carboxylic acids is 1. The lowest BCUT2D eigenvalue weighted by Crippen LogP contribution is -2.41. The molecule has 0 fully saturated rings. The van der Waals surface area contributed by atoms with Gasteiger partial charge >= 0.3 is 0 Å². The van der Waals surface area contributed by atoms with Crippen LogP contribution in [0.3, 0.4) is 0 Å². The normalized spacial score (nSPS) is 10.7. The van der Waals surface area contributed by atoms with Crippen LogP contribution in [0.5, 0.6) is 0 Å². The van der Waals surface area contributed by atoms with E-state index in [0.29, 0.717) is 4.47 Å². The van der Waals surface area contributed by atoms with E-state index < -0.39 is 30.7 Å². The summed E-state index contributed by atoms with van der Waals surface area (Å²) in [6.45, 7) is -1.75. The summed E-state index contributed by atoms with van der Waals surface area (Å²) in [5, 5.41) is 1.99. The molecule has 0 unspecified atom stereocenters. The van der Waals surface area contributed by atoms with Gasteiger partial charge in [-0.1, -0.05) is 0 Å². The number of hydrogen-bond donors (Lipinski definition) is 2. The average Bonchev–Trinajstić information content (AvgIpc) is 2.29. The number of carbonyl (C=O) groups is 1. The Morgan fingerprint density at radius 2 is 2.06 bits per heavy atom. The van der Waals surface area contributed by atoms with E-state index in [-0.39, 0.29) is 18.0 Å². The number of amides is 1. The van der Waals surface area contributed by atoms with Crippen LogP contribution in [0, 0.1) is 5.82 Å². The van der Waals surface area contributed by atoms with E-state index in [1.807, 2.05) is 5.32 Å². The number of nitrogens with two attached hydrogens (primary N) is 1. The van der Waals surface area contributed by atoms with Crippen molar-refractivity contribution in [2.75, 3.05) is 13.1 Å². The smallest absolute Gasteiger partial charge is 0.277 e. The van der Waals surface area contributed by atoms with Crippen molar-refractivity contribution >= 4 is 34.2 Å². The van der Waals surface area contributed by atoms with E-state index in [1.165, 1.54) is 6.07 Å². The van der Waals surface area contributed by atoms with E-state index in [9.17, 15) is 18.0 Å². The second-order valence-corrected chi connectivity index (χ2v) is 4.22. The number of rotatable bonds is 4. The summed E-state index contributed by atoms with van der Waals surface area (Å²) in [5.74, 6) is -4.58. The molecule has 0 aliphatic carbocycles. The molecular formula is C10H11BrClF3N2O. The van der Waals surface area contributed by atoms with Gasteiger partial charge in [-0.05, 0) is 34.1 Å². The highest BCUT2D eigenvalue weighted by atomic mass is 79.9. The fourth-order valence-corrected chi connectivity index (χ4v) is 1.48. The first kappa shape index (κ1) is 17.2. The SMILES string of the molecule is Cl.NCC(F)(F)CNC(=O)c1cc(F)ccc1Br. The van der Waals surface area contributed by atoms with Gasteiger partial charge in [-0.15, -0.1) is 12.4 Å². The summed E-state index contributed by atoms with van der Waals surface area (Å²) in [7, 11) is 0. The fraction of sp³-hybridized carbons (Fsp3) is 0.300. The van der Waals surface area contributed by atoms with Crippen molar-refractivity contribution in [1.82, 2.24) is 5.32 Å². The predicted molar refractivity (Wildman–Crippen MR) is 67.7 cm³/mol. The molecule has 0 bridgehead atoms. The molecule has 0 saturated carbocycles. The van der Waals surface area contributed by atoms with Gasteiger partial charge in [-0.2, -0.15) is 0 Å². The van der Waals surface area contributed by atoms with Crippen molar-refractivity contribution in [3.8, 4) is 0 Å². The second-order valence-electron chi connectivity index (χ2n) is 3.37. The maximum Gasteiger partial charge on any atom is 0.277 e. The number of alkyl halides is 2. The van der Waals surface area contributed by atoms with Crippen LogP contribution in [0.25, 0.3) is 0 Å². The zero-order valence-corrected chi connectivity index (χ0v) is 11.5. The molecule has 3 nitrogen and oxygen atoms in total. The average molecular weight is 348 g/mol. The van der Waals surface area contributed by atoms with Gasteiger partial charge in [0.25, 0.3) is 11.8 Å². The van der Waals surface area contributed by atoms with Crippen LogP contribution < -0.4 is 11.1 Å². The minimum Gasteiger partial charge on any atom is -0.346 e. The Labute approximate surface area is 116 Å². The van der Waals surface area contributed by atoms with Crippen LogP contribution in [-0.4, -0.2) is 24.9 Å². The quantitative estimate of drug-likeness (QED) is 0.878. The zero-order valence-electron chi connectivity index (χ0n) is 9.05. The summed E-state index contributed by atoms with van der Waals surface area (Å²) >= 11 is 3.03. The van der Waals surface area contributed by atoms with Gasteiger partial charge in [0.2, 0.25) is 0 Å². The summed E-state index contributed by atoms with van der Waals surface area (Å²) in [4.78, 5) is 11.5. The first-order chi connectivity index (χ1) is 7.85. The number of benzene rings is 1. The van der Waals surface area contributed by atoms with Gasteiger partial charge in [0, 0.05) is 4.47 Å². The molecule has 1 aromatic rings. The molecule has 0 heterocycles. The molecule has 0 aliphatic heterocycles. The van der Waals surface area contributed by atoms with E-state index >= 15 is 0 Å². The molecule has 102 valence electrons. The third-order valence-corrected chi connectivity index (χ3v) is 2.67. The molecule has 0 aliphatic rings. The molecule has 1 aromatic carbocycles. The molecule has 0 radical (unpaired) electrons. The highest BCUT2D eigenvalue weighted by Gasteiger charge is 2.27. The van der Waals surface area contributed by atoms with Gasteiger partial charge in [0.15, 0.2) is 0 Å². The van der Waals surface area contributed by atoms with Crippen LogP contribution in [0.2, 0.25) is 0 Å². The predicted octanol–water partition coefficient (Wildman–Crippen LogP) is 2.33. The lowest BCUT2D eigenvalue weighted by atomic mass is 10.2. The lowest BCUT2D eigenvalue weighted by molar-refractivity contribution is 0.0118. The lowest BCUT2D eigenvalue weighted by Gasteiger charge is -2.14. The maximum absolute atomic E-state index is 12.9. The molecule has 3 N–H and O–H groups in total. The van der Waals surface area contributed by atoms with Gasteiger partial charge in [0.05, 0.1) is 18.7 Å². The van der Waals surface area contributed by atoms with Crippen molar-refractivity contribution in [2.45, 2.75) is 5.92 Å². The van der Waals surface area contributed by atoms with Crippen LogP contribution in [0.1, 0.15) is 10.4 Å². The first-order valence-corrected chi connectivity index (χ1v) is 5.46. The third-order valence-electron chi connectivity index (χ3n) is 1.98. The van der Waals surface area contributed by atoms with E-state index in [1.54, 1.807) is 0 Å². The Morgan fingerprint density at radius 1 is 1.44 bits per heavy atom. The summed E-state index contributed by atoms with van der Waals surface area (Å²) < 4.78 is 38.8. The summed E-state index contributed by atoms with van der Waals surface area (Å²) in [6, 6.07) is 3.43. The molecule has 1 amide bonds. The van der Waals surface area contributed by atoms with Gasteiger partial charge in [0.1, 0.15) is 5.82 Å². The molecule has 0 atom stereocenters. The van der Waals surface area contributed by atoms with Crippen LogP contribution in [-0.2, 0) is 0 Å². The minimum absolute atomic E-state index is 0. The Morgan fingerprint density at radius 3 is 2.61 bits per heavy atom. The van der Waals surface area contributed by atoms with E-state index in [0.717, 1.165) is 12.1 Å². The Kier molecular flexibility index (Phi) is 6.66. The third kappa shape index (κ3) is 4.83. The van der Waals surface area contributed by atoms with Gasteiger partial charge < -0.3 is 11.1 Å². The maximum atomic E-state index is 12.9. The summed E-state index contributed by atoms with van der Waals surface area (Å²) in [6.07, 6.45) is 0. The molecule has 18 heavy (non-hydrogen) atoms. The van der Waals surface area contributed by atoms with Gasteiger partial charge in [-0.3, -0.25) is 4.79 Å². The van der Waals surface area contributed by atoms with Crippen LogP contribution in [0.4, 0.5) is 13.2 Å². The number of hydrogen-bond acceptors (Lipinski definition) is 2. The molecule has 0 spiro atoms. The molecule has 0 aromatic heterocycles. The van der Waals surface area contributed by atoms with Crippen molar-refractivity contribution in [3.05, 3.63) is 34.1 Å². The zero-order chi connectivity index (χ0) is 13.1. The fourth-order valence-electron chi connectivity index (χ4n) is 1.05. The van der Waals surface area contributed by atoms with Crippen molar-refractivity contribution in [1.29, 1.82) is 0 Å². The van der Waals surface area contributed by atoms with Crippen LogP contribution in [0.15, 0.2) is 22.7 Å². The van der Waals surface area contributed by atoms with Crippen molar-refractivity contribution < 1.29 is 18.0 Å². The van der Waals surface area contributed by atoms with Crippen LogP contribution >= 0.6 is 28.3 Å². The highest BCUT2D eigenvalue weighted by molar-refractivity contribution is 9.10. The largest absolute Gasteiger partial charge is 0.346 e. The van der Waals surface area contributed by atoms with Crippen molar-refractivity contribution in [2.24, 2.45) is 5.73 Å². The molecule has 8 heteroatoms. The van der Waals surface area contributed by atoms with E-state index in [4.69, 9.17) is 5.73 Å². The minimum atomic E-state index is -3.17. The monoisotopic (exact) mass is 346 g/mol. The highest BCUT2D eigenvalue weighted by Crippen LogP contribution is 2.18. The van der Waals surface area contributed by atoms with E-state index in [2.05, 4.69) is 15.9 Å². The molecular weight excluding hydrogens is 336 g/mol. The first-order valence-electron chi connectivity index (χ1n) is 4.67. The topological polar surface area (TPSA) is 55.1 Å². The number of nitrogens with one attached hydrogen (secondary N) is 1. The second kappa shape index (κ2) is 6.96.